The summed E-state index contributed by atoms with van der Waals surface area (Å²) in [6.45, 7) is 0. The number of hydrogen-bond donors (Lipinski definition) is 0. The van der Waals surface area contributed by atoms with E-state index in [4.69, 9.17) is 19.4 Å². The van der Waals surface area contributed by atoms with Crippen LogP contribution in [-0.2, 0) is 0 Å². The second-order valence-corrected chi connectivity index (χ2v) is 12.0. The molecule has 0 aliphatic carbocycles. The Hall–Kier alpha value is -6.65. The van der Waals surface area contributed by atoms with Gasteiger partial charge in [-0.15, -0.1) is 0 Å². The van der Waals surface area contributed by atoms with Gasteiger partial charge in [0.05, 0.1) is 0 Å². The summed E-state index contributed by atoms with van der Waals surface area (Å²) in [5.74, 6) is 1.90. The van der Waals surface area contributed by atoms with E-state index in [1.54, 1.807) is 0 Å². The minimum atomic E-state index is 0.626. The van der Waals surface area contributed by atoms with Crippen molar-refractivity contribution in [3.05, 3.63) is 176 Å². The van der Waals surface area contributed by atoms with Gasteiger partial charge >= 0.3 is 0 Å². The van der Waals surface area contributed by atoms with Crippen molar-refractivity contribution >= 4 is 21.9 Å². The zero-order chi connectivity index (χ0) is 32.6. The third-order valence-electron chi connectivity index (χ3n) is 8.98. The molecule has 9 rings (SSSR count). The van der Waals surface area contributed by atoms with Crippen molar-refractivity contribution in [1.82, 2.24) is 15.0 Å². The van der Waals surface area contributed by atoms with Crippen LogP contribution in [0.15, 0.2) is 180 Å². The topological polar surface area (TPSA) is 51.8 Å². The summed E-state index contributed by atoms with van der Waals surface area (Å²) in [5.41, 5.74) is 11.3. The summed E-state index contributed by atoms with van der Waals surface area (Å²) in [6, 6.07) is 60.4. The van der Waals surface area contributed by atoms with Crippen LogP contribution in [0.3, 0.4) is 0 Å². The SMILES string of the molecule is c1ccc(-c2ccc(-c3nc(-c4ccccc4)nc(-c4ccc(-c5ccc(-c6ccccc6)c6oc7ccccc7c56)cc4)n3)cc2)cc1. The van der Waals surface area contributed by atoms with Crippen molar-refractivity contribution in [3.8, 4) is 67.5 Å². The van der Waals surface area contributed by atoms with E-state index in [0.29, 0.717) is 17.5 Å². The fraction of sp³-hybridized carbons (Fsp3) is 0. The first-order chi connectivity index (χ1) is 24.3. The summed E-state index contributed by atoms with van der Waals surface area (Å²) < 4.78 is 6.51. The van der Waals surface area contributed by atoms with Gasteiger partial charge in [-0.2, -0.15) is 0 Å². The first kappa shape index (κ1) is 28.6. The second-order valence-electron chi connectivity index (χ2n) is 12.0. The first-order valence-corrected chi connectivity index (χ1v) is 16.4. The molecule has 0 unspecified atom stereocenters. The fourth-order valence-electron chi connectivity index (χ4n) is 6.51. The summed E-state index contributed by atoms with van der Waals surface area (Å²) in [5, 5.41) is 2.21. The number of fused-ring (bicyclic) bond motifs is 3. The van der Waals surface area contributed by atoms with Gasteiger partial charge in [-0.25, -0.2) is 15.0 Å². The molecular formula is C45H29N3O. The lowest BCUT2D eigenvalue weighted by molar-refractivity contribution is 0.670. The Labute approximate surface area is 284 Å². The molecule has 0 fully saturated rings. The van der Waals surface area contributed by atoms with Crippen LogP contribution < -0.4 is 0 Å². The number of hydrogen-bond acceptors (Lipinski definition) is 4. The van der Waals surface area contributed by atoms with Gasteiger partial charge in [0.2, 0.25) is 0 Å². The molecule has 7 aromatic carbocycles. The molecule has 0 saturated carbocycles. The van der Waals surface area contributed by atoms with E-state index in [1.165, 1.54) is 5.56 Å². The van der Waals surface area contributed by atoms with Gasteiger partial charge in [0.15, 0.2) is 17.5 Å². The molecule has 49 heavy (non-hydrogen) atoms. The van der Waals surface area contributed by atoms with Gasteiger partial charge in [-0.05, 0) is 39.9 Å². The molecule has 4 nitrogen and oxygen atoms in total. The van der Waals surface area contributed by atoms with Gasteiger partial charge in [-0.3, -0.25) is 0 Å². The molecule has 0 radical (unpaired) electrons. The summed E-state index contributed by atoms with van der Waals surface area (Å²) in [4.78, 5) is 14.9. The average Bonchev–Trinajstić information content (AvgIpc) is 3.58. The predicted octanol–water partition coefficient (Wildman–Crippen LogP) is 11.8. The van der Waals surface area contributed by atoms with Crippen molar-refractivity contribution < 1.29 is 4.42 Å². The molecular weight excluding hydrogens is 599 g/mol. The Balaban J connectivity index is 1.14. The maximum atomic E-state index is 6.51. The number of furan rings is 1. The van der Waals surface area contributed by atoms with Crippen molar-refractivity contribution in [1.29, 1.82) is 0 Å². The molecule has 2 aromatic heterocycles. The van der Waals surface area contributed by atoms with Crippen LogP contribution in [0.25, 0.3) is 89.5 Å². The Morgan fingerprint density at radius 3 is 1.29 bits per heavy atom. The molecule has 0 saturated heterocycles. The lowest BCUT2D eigenvalue weighted by Gasteiger charge is -2.11. The predicted molar refractivity (Wildman–Crippen MR) is 200 cm³/mol. The van der Waals surface area contributed by atoms with E-state index in [0.717, 1.165) is 66.4 Å². The highest BCUT2D eigenvalue weighted by Gasteiger charge is 2.18. The first-order valence-electron chi connectivity index (χ1n) is 16.4. The van der Waals surface area contributed by atoms with Crippen molar-refractivity contribution in [2.24, 2.45) is 0 Å². The van der Waals surface area contributed by atoms with Crippen LogP contribution >= 0.6 is 0 Å². The molecule has 0 N–H and O–H groups in total. The molecule has 0 aliphatic heterocycles. The third-order valence-corrected chi connectivity index (χ3v) is 8.98. The van der Waals surface area contributed by atoms with E-state index < -0.39 is 0 Å². The lowest BCUT2D eigenvalue weighted by Crippen LogP contribution is -2.00. The Bertz CT molecular complexity index is 2560. The molecule has 0 aliphatic rings. The van der Waals surface area contributed by atoms with Crippen LogP contribution in [0.4, 0.5) is 0 Å². The average molecular weight is 628 g/mol. The van der Waals surface area contributed by atoms with E-state index in [2.05, 4.69) is 121 Å². The van der Waals surface area contributed by atoms with Crippen LogP contribution in [0.2, 0.25) is 0 Å². The lowest BCUT2D eigenvalue weighted by atomic mass is 9.94. The van der Waals surface area contributed by atoms with Crippen molar-refractivity contribution in [2.75, 3.05) is 0 Å². The largest absolute Gasteiger partial charge is 0.455 e. The maximum absolute atomic E-state index is 6.51. The number of aromatic nitrogens is 3. The third kappa shape index (κ3) is 5.35. The van der Waals surface area contributed by atoms with Crippen LogP contribution in [0.5, 0.6) is 0 Å². The second kappa shape index (κ2) is 12.2. The quantitative estimate of drug-likeness (QED) is 0.184. The Morgan fingerprint density at radius 2 is 0.694 bits per heavy atom. The molecule has 0 atom stereocenters. The van der Waals surface area contributed by atoms with Gasteiger partial charge < -0.3 is 4.42 Å². The van der Waals surface area contributed by atoms with Gasteiger partial charge in [0.25, 0.3) is 0 Å². The number of benzene rings is 7. The molecule has 0 spiro atoms. The molecule has 0 bridgehead atoms. The molecule has 2 heterocycles. The van der Waals surface area contributed by atoms with Gasteiger partial charge in [0, 0.05) is 33.0 Å². The summed E-state index contributed by atoms with van der Waals surface area (Å²) in [6.07, 6.45) is 0. The maximum Gasteiger partial charge on any atom is 0.164 e. The van der Waals surface area contributed by atoms with E-state index in [-0.39, 0.29) is 0 Å². The minimum absolute atomic E-state index is 0.626. The van der Waals surface area contributed by atoms with Crippen LogP contribution in [0, 0.1) is 0 Å². The zero-order valence-electron chi connectivity index (χ0n) is 26.5. The van der Waals surface area contributed by atoms with Gasteiger partial charge in [0.1, 0.15) is 11.2 Å². The monoisotopic (exact) mass is 627 g/mol. The van der Waals surface area contributed by atoms with Crippen molar-refractivity contribution in [2.45, 2.75) is 0 Å². The highest BCUT2D eigenvalue weighted by molar-refractivity contribution is 6.16. The molecule has 0 amide bonds. The minimum Gasteiger partial charge on any atom is -0.455 e. The van der Waals surface area contributed by atoms with Crippen LogP contribution in [-0.4, -0.2) is 15.0 Å². The highest BCUT2D eigenvalue weighted by Crippen LogP contribution is 2.42. The fourth-order valence-corrected chi connectivity index (χ4v) is 6.51. The van der Waals surface area contributed by atoms with Crippen molar-refractivity contribution in [3.63, 3.8) is 0 Å². The van der Waals surface area contributed by atoms with E-state index >= 15 is 0 Å². The Kier molecular flexibility index (Phi) is 7.10. The number of nitrogens with zero attached hydrogens (tertiary/aromatic N) is 3. The smallest absolute Gasteiger partial charge is 0.164 e. The van der Waals surface area contributed by atoms with Gasteiger partial charge in [-0.1, -0.05) is 164 Å². The van der Waals surface area contributed by atoms with E-state index in [9.17, 15) is 0 Å². The summed E-state index contributed by atoms with van der Waals surface area (Å²) in [7, 11) is 0. The zero-order valence-corrected chi connectivity index (χ0v) is 26.5. The number of rotatable bonds is 6. The normalized spacial score (nSPS) is 11.3. The molecule has 9 aromatic rings. The van der Waals surface area contributed by atoms with Crippen LogP contribution in [0.1, 0.15) is 0 Å². The number of para-hydroxylation sites is 1. The molecule has 4 heteroatoms. The Morgan fingerprint density at radius 1 is 0.306 bits per heavy atom. The highest BCUT2D eigenvalue weighted by atomic mass is 16.3. The molecule has 230 valence electrons. The standard InChI is InChI=1S/C45H29N3O/c1-4-12-30(13-5-1)31-20-24-35(25-21-31)44-46-43(34-16-8-3-9-17-34)47-45(48-44)36-26-22-33(23-27-36)37-28-29-38(32-14-6-2-7-15-32)42-41(37)39-18-10-11-19-40(39)49-42/h1-29H. The van der Waals surface area contributed by atoms with E-state index in [1.807, 2.05) is 54.6 Å². The summed E-state index contributed by atoms with van der Waals surface area (Å²) >= 11 is 0.